The summed E-state index contributed by atoms with van der Waals surface area (Å²) in [5.74, 6) is -0.248. The number of rotatable bonds is 9. The molecule has 3 aromatic rings. The number of carbonyl (C=O) groups excluding carboxylic acids is 1. The smallest absolute Gasteiger partial charge is 0.489 e. The Morgan fingerprint density at radius 2 is 1.40 bits per heavy atom. The minimum Gasteiger partial charge on any atom is -0.489 e. The molecule has 3 rings (SSSR count). The van der Waals surface area contributed by atoms with E-state index < -0.39 is 19.9 Å². The number of benzene rings is 3. The Kier molecular flexibility index (Phi) is 7.95. The largest absolute Gasteiger partial charge is 0.531 e. The van der Waals surface area contributed by atoms with Gasteiger partial charge in [-0.1, -0.05) is 72.8 Å². The molecule has 0 spiro atoms. The van der Waals surface area contributed by atoms with Gasteiger partial charge in [-0.2, -0.15) is 4.89 Å². The fourth-order valence-corrected chi connectivity index (χ4v) is 3.35. The average molecular weight is 424 g/mol. The Balaban J connectivity index is 1.50. The molecule has 3 aromatic carbocycles. The van der Waals surface area contributed by atoms with Gasteiger partial charge in [-0.3, -0.25) is 5.32 Å². The molecule has 0 saturated heterocycles. The zero-order chi connectivity index (χ0) is 21.2. The Labute approximate surface area is 176 Å². The van der Waals surface area contributed by atoms with E-state index in [0.717, 1.165) is 16.7 Å². The molecule has 0 saturated carbocycles. The van der Waals surface area contributed by atoms with Crippen LogP contribution in [-0.4, -0.2) is 16.8 Å². The number of carbonyl (C=O) groups is 1. The van der Waals surface area contributed by atoms with Gasteiger partial charge >= 0.3 is 14.1 Å². The summed E-state index contributed by atoms with van der Waals surface area (Å²) in [6.45, 7) is 0.551. The van der Waals surface area contributed by atoms with Gasteiger partial charge in [0, 0.05) is 6.42 Å². The van der Waals surface area contributed by atoms with E-state index in [2.05, 4.69) is 5.32 Å². The summed E-state index contributed by atoms with van der Waals surface area (Å²) in [6, 6.07) is 26.3. The first-order chi connectivity index (χ1) is 14.6. The van der Waals surface area contributed by atoms with Crippen LogP contribution in [0.3, 0.4) is 0 Å². The zero-order valence-electron chi connectivity index (χ0n) is 16.3. The molecule has 7 heteroatoms. The molecule has 1 unspecified atom stereocenters. The molecule has 0 bridgehead atoms. The van der Waals surface area contributed by atoms with Crippen LogP contribution in [0, 0.1) is 0 Å². The summed E-state index contributed by atoms with van der Waals surface area (Å²) < 4.78 is 22.6. The molecule has 0 heterocycles. The highest BCUT2D eigenvalue weighted by Gasteiger charge is 2.31. The van der Waals surface area contributed by atoms with Crippen molar-refractivity contribution in [3.63, 3.8) is 0 Å². The lowest BCUT2D eigenvalue weighted by Crippen LogP contribution is -2.34. The van der Waals surface area contributed by atoms with E-state index in [1.54, 1.807) is 12.1 Å². The first kappa shape index (κ1) is 21.5. The van der Waals surface area contributed by atoms with Crippen LogP contribution in [0.1, 0.15) is 16.7 Å². The van der Waals surface area contributed by atoms with Gasteiger partial charge in [0.25, 0.3) is 5.78 Å². The van der Waals surface area contributed by atoms with Gasteiger partial charge in [0.2, 0.25) is 0 Å². The van der Waals surface area contributed by atoms with Gasteiger partial charge in [0.15, 0.2) is 0 Å². The topological polar surface area (TPSA) is 84.9 Å². The standard InChI is InChI=1S/C23H22NO5P/c25-23(29-17-20-9-5-2-6-10-20)24-22(30(26)27)15-18-11-13-21(14-12-18)28-16-19-7-3-1-4-8-19/h1-14,22H,15-17H2,(H-,24,25,26,27)/p+1/t22-/m1/s1. The molecule has 2 atom stereocenters. The number of amides is 1. The second-order valence-corrected chi connectivity index (χ2v) is 7.88. The molecule has 0 aliphatic rings. The highest BCUT2D eigenvalue weighted by molar-refractivity contribution is 7.38. The Bertz CT molecular complexity index is 948. The van der Waals surface area contributed by atoms with Crippen molar-refractivity contribution in [3.8, 4) is 5.75 Å². The van der Waals surface area contributed by atoms with Crippen LogP contribution in [0.4, 0.5) is 4.79 Å². The van der Waals surface area contributed by atoms with Crippen molar-refractivity contribution < 1.29 is 23.7 Å². The van der Waals surface area contributed by atoms with Crippen molar-refractivity contribution in [3.05, 3.63) is 102 Å². The van der Waals surface area contributed by atoms with Gasteiger partial charge < -0.3 is 9.47 Å². The third-order valence-corrected chi connectivity index (χ3v) is 5.21. The van der Waals surface area contributed by atoms with Crippen LogP contribution in [-0.2, 0) is 28.9 Å². The molecule has 1 amide bonds. The zero-order valence-corrected chi connectivity index (χ0v) is 17.2. The lowest BCUT2D eigenvalue weighted by molar-refractivity contribution is 0.138. The van der Waals surface area contributed by atoms with E-state index in [1.165, 1.54) is 0 Å². The minimum atomic E-state index is -2.62. The Morgan fingerprint density at radius 3 is 1.97 bits per heavy atom. The van der Waals surface area contributed by atoms with Crippen molar-refractivity contribution >= 4 is 14.1 Å². The van der Waals surface area contributed by atoms with Crippen molar-refractivity contribution in [2.75, 3.05) is 0 Å². The van der Waals surface area contributed by atoms with E-state index in [9.17, 15) is 14.3 Å². The summed E-state index contributed by atoms with van der Waals surface area (Å²) >= 11 is 0. The fraction of sp³-hybridized carbons (Fsp3) is 0.174. The highest BCUT2D eigenvalue weighted by Crippen LogP contribution is 2.25. The maximum atomic E-state index is 12.0. The highest BCUT2D eigenvalue weighted by atomic mass is 31.1. The summed E-state index contributed by atoms with van der Waals surface area (Å²) in [6.07, 6.45) is -0.533. The van der Waals surface area contributed by atoms with E-state index in [1.807, 2.05) is 72.8 Å². The Morgan fingerprint density at radius 1 is 0.833 bits per heavy atom. The molecule has 30 heavy (non-hydrogen) atoms. The van der Waals surface area contributed by atoms with Crippen molar-refractivity contribution in [2.24, 2.45) is 0 Å². The van der Waals surface area contributed by atoms with Crippen LogP contribution >= 0.6 is 8.03 Å². The van der Waals surface area contributed by atoms with E-state index in [4.69, 9.17) is 9.47 Å². The maximum absolute atomic E-state index is 12.0. The molecular formula is C23H23NO5P+. The third-order valence-electron chi connectivity index (χ3n) is 4.36. The number of nitrogens with one attached hydrogen (secondary N) is 1. The summed E-state index contributed by atoms with van der Waals surface area (Å²) in [5.41, 5.74) is 2.70. The number of alkyl carbamates (subject to hydrolysis) is 1. The van der Waals surface area contributed by atoms with E-state index >= 15 is 0 Å². The second kappa shape index (κ2) is 11.1. The predicted molar refractivity (Wildman–Crippen MR) is 114 cm³/mol. The quantitative estimate of drug-likeness (QED) is 0.482. The molecule has 0 aromatic heterocycles. The third kappa shape index (κ3) is 6.99. The fourth-order valence-electron chi connectivity index (χ4n) is 2.77. The van der Waals surface area contributed by atoms with Crippen LogP contribution in [0.5, 0.6) is 5.75 Å². The van der Waals surface area contributed by atoms with Crippen LogP contribution < -0.4 is 10.1 Å². The molecule has 0 radical (unpaired) electrons. The van der Waals surface area contributed by atoms with Crippen LogP contribution in [0.2, 0.25) is 0 Å². The summed E-state index contributed by atoms with van der Waals surface area (Å²) in [5, 5.41) is 2.47. The van der Waals surface area contributed by atoms with Crippen molar-refractivity contribution in [1.82, 2.24) is 5.32 Å². The maximum Gasteiger partial charge on any atom is 0.531 e. The summed E-state index contributed by atoms with van der Waals surface area (Å²) in [7, 11) is -2.62. The first-order valence-electron chi connectivity index (χ1n) is 9.48. The molecule has 2 N–H and O–H groups in total. The molecule has 154 valence electrons. The first-order valence-corrected chi connectivity index (χ1v) is 10.8. The number of hydrogen-bond acceptors (Lipinski definition) is 4. The minimum absolute atomic E-state index is 0.0923. The van der Waals surface area contributed by atoms with Gasteiger partial charge in [0.1, 0.15) is 19.0 Å². The molecule has 6 nitrogen and oxygen atoms in total. The van der Waals surface area contributed by atoms with E-state index in [-0.39, 0.29) is 13.0 Å². The summed E-state index contributed by atoms with van der Waals surface area (Å²) in [4.78, 5) is 21.6. The Hall–Kier alpha value is -3.21. The van der Waals surface area contributed by atoms with Gasteiger partial charge in [-0.25, -0.2) is 4.79 Å². The van der Waals surface area contributed by atoms with Gasteiger partial charge in [-0.15, -0.1) is 0 Å². The van der Waals surface area contributed by atoms with Gasteiger partial charge in [-0.05, 0) is 33.4 Å². The second-order valence-electron chi connectivity index (χ2n) is 6.65. The van der Waals surface area contributed by atoms with Crippen molar-refractivity contribution in [1.29, 1.82) is 0 Å². The van der Waals surface area contributed by atoms with E-state index in [0.29, 0.717) is 12.4 Å². The normalized spacial score (nSPS) is 12.0. The molecular weight excluding hydrogens is 401 g/mol. The average Bonchev–Trinajstić information content (AvgIpc) is 2.78. The molecule has 0 aliphatic carbocycles. The van der Waals surface area contributed by atoms with Gasteiger partial charge in [0.05, 0.1) is 0 Å². The van der Waals surface area contributed by atoms with Crippen LogP contribution in [0.15, 0.2) is 84.9 Å². The number of ether oxygens (including phenoxy) is 2. The van der Waals surface area contributed by atoms with Crippen LogP contribution in [0.25, 0.3) is 0 Å². The SMILES string of the molecule is O=C(N[C@@H](Cc1ccc(OCc2ccccc2)cc1)[P+](=O)O)OCc1ccccc1. The molecule has 0 aliphatic heterocycles. The number of hydrogen-bond donors (Lipinski definition) is 2. The van der Waals surface area contributed by atoms with Crippen molar-refractivity contribution in [2.45, 2.75) is 25.4 Å². The monoisotopic (exact) mass is 424 g/mol. The lowest BCUT2D eigenvalue weighted by Gasteiger charge is -2.10. The molecule has 0 fully saturated rings. The lowest BCUT2D eigenvalue weighted by atomic mass is 10.1. The predicted octanol–water partition coefficient (Wildman–Crippen LogP) is 4.80.